The Morgan fingerprint density at radius 1 is 1.07 bits per heavy atom. The summed E-state index contributed by atoms with van der Waals surface area (Å²) in [5, 5.41) is 0. The molecule has 0 spiro atoms. The summed E-state index contributed by atoms with van der Waals surface area (Å²) in [7, 11) is 0. The molecule has 1 aliphatic rings. The van der Waals surface area contributed by atoms with E-state index in [2.05, 4.69) is 0 Å². The number of halogens is 1. The molecule has 0 aromatic heterocycles. The molecular formula is C13H13FO. The Hall–Kier alpha value is -1.44. The van der Waals surface area contributed by atoms with E-state index in [0.717, 1.165) is 24.8 Å². The molecule has 0 radical (unpaired) electrons. The molecule has 0 aliphatic heterocycles. The molecule has 1 aliphatic carbocycles. The van der Waals surface area contributed by atoms with Gasteiger partial charge in [0.05, 0.1) is 0 Å². The molecule has 0 unspecified atom stereocenters. The minimum atomic E-state index is -0.238. The molecule has 2 heteroatoms. The van der Waals surface area contributed by atoms with E-state index in [1.165, 1.54) is 6.07 Å². The number of hydrogen-bond donors (Lipinski definition) is 0. The molecule has 0 saturated carbocycles. The van der Waals surface area contributed by atoms with Crippen molar-refractivity contribution in [3.8, 4) is 0 Å². The van der Waals surface area contributed by atoms with Gasteiger partial charge in [-0.05, 0) is 37.0 Å². The van der Waals surface area contributed by atoms with Crippen molar-refractivity contribution in [2.24, 2.45) is 0 Å². The molecule has 0 atom stereocenters. The number of hydrogen-bond acceptors (Lipinski definition) is 1. The third kappa shape index (κ3) is 2.32. The van der Waals surface area contributed by atoms with Gasteiger partial charge in [0.2, 0.25) is 0 Å². The highest BCUT2D eigenvalue weighted by molar-refractivity contribution is 5.97. The molecule has 0 saturated heterocycles. The number of carbonyl (C=O) groups is 1. The van der Waals surface area contributed by atoms with Crippen LogP contribution in [-0.4, -0.2) is 5.78 Å². The van der Waals surface area contributed by atoms with Gasteiger partial charge in [0.1, 0.15) is 5.82 Å². The second kappa shape index (κ2) is 4.39. The Balaban J connectivity index is 2.37. The smallest absolute Gasteiger partial charge is 0.155 e. The topological polar surface area (TPSA) is 17.1 Å². The number of ketones is 1. The van der Waals surface area contributed by atoms with Crippen molar-refractivity contribution in [3.63, 3.8) is 0 Å². The Bertz CT molecular complexity index is 407. The van der Waals surface area contributed by atoms with Crippen LogP contribution in [0.4, 0.5) is 4.39 Å². The van der Waals surface area contributed by atoms with Crippen LogP contribution in [0.5, 0.6) is 0 Å². The maximum atomic E-state index is 13.5. The summed E-state index contributed by atoms with van der Waals surface area (Å²) in [4.78, 5) is 11.4. The van der Waals surface area contributed by atoms with Crippen LogP contribution >= 0.6 is 0 Å². The molecule has 1 nitrogen and oxygen atoms in total. The Morgan fingerprint density at radius 2 is 1.80 bits per heavy atom. The van der Waals surface area contributed by atoms with Crippen LogP contribution in [0.25, 0.3) is 5.57 Å². The second-order valence-corrected chi connectivity index (χ2v) is 3.82. The fourth-order valence-corrected chi connectivity index (χ4v) is 1.89. The molecule has 0 bridgehead atoms. The number of rotatable bonds is 1. The largest absolute Gasteiger partial charge is 0.295 e. The van der Waals surface area contributed by atoms with E-state index < -0.39 is 0 Å². The monoisotopic (exact) mass is 204 g/mol. The van der Waals surface area contributed by atoms with Crippen LogP contribution in [0.3, 0.4) is 0 Å². The summed E-state index contributed by atoms with van der Waals surface area (Å²) in [6, 6.07) is 6.64. The summed E-state index contributed by atoms with van der Waals surface area (Å²) in [6.07, 6.45) is 4.87. The van der Waals surface area contributed by atoms with Gasteiger partial charge in [-0.3, -0.25) is 4.79 Å². The van der Waals surface area contributed by atoms with Gasteiger partial charge in [-0.25, -0.2) is 4.39 Å². The summed E-state index contributed by atoms with van der Waals surface area (Å²) in [5.74, 6) is -0.121. The highest BCUT2D eigenvalue weighted by atomic mass is 19.1. The molecule has 1 aromatic rings. The Labute approximate surface area is 88.6 Å². The minimum absolute atomic E-state index is 0.116. The quantitative estimate of drug-likeness (QED) is 0.685. The van der Waals surface area contributed by atoms with E-state index in [-0.39, 0.29) is 11.6 Å². The zero-order valence-electron chi connectivity index (χ0n) is 8.50. The van der Waals surface area contributed by atoms with Gasteiger partial charge in [0, 0.05) is 12.0 Å². The lowest BCUT2D eigenvalue weighted by Crippen LogP contribution is -1.92. The summed E-state index contributed by atoms with van der Waals surface area (Å²) in [5.41, 5.74) is 1.42. The first-order valence-corrected chi connectivity index (χ1v) is 5.25. The molecule has 0 N–H and O–H groups in total. The molecular weight excluding hydrogens is 191 g/mol. The lowest BCUT2D eigenvalue weighted by molar-refractivity contribution is -0.114. The lowest BCUT2D eigenvalue weighted by atomic mass is 10.0. The Kier molecular flexibility index (Phi) is 2.95. The first-order chi connectivity index (χ1) is 7.27. The van der Waals surface area contributed by atoms with Crippen molar-refractivity contribution in [1.29, 1.82) is 0 Å². The van der Waals surface area contributed by atoms with Crippen molar-refractivity contribution in [1.82, 2.24) is 0 Å². The normalized spacial score (nSPS) is 17.1. The lowest BCUT2D eigenvalue weighted by Gasteiger charge is -2.05. The van der Waals surface area contributed by atoms with Gasteiger partial charge in [-0.2, -0.15) is 0 Å². The van der Waals surface area contributed by atoms with E-state index in [1.807, 2.05) is 0 Å². The van der Waals surface area contributed by atoms with Crippen LogP contribution in [0, 0.1) is 5.82 Å². The predicted octanol–water partition coefficient (Wildman–Crippen LogP) is 3.35. The van der Waals surface area contributed by atoms with Crippen LogP contribution in [0.2, 0.25) is 0 Å². The maximum Gasteiger partial charge on any atom is 0.155 e. The van der Waals surface area contributed by atoms with E-state index in [1.54, 1.807) is 24.3 Å². The van der Waals surface area contributed by atoms with Gasteiger partial charge >= 0.3 is 0 Å². The van der Waals surface area contributed by atoms with Crippen molar-refractivity contribution in [3.05, 3.63) is 41.7 Å². The van der Waals surface area contributed by atoms with Gasteiger partial charge < -0.3 is 0 Å². The highest BCUT2D eigenvalue weighted by Crippen LogP contribution is 2.26. The summed E-state index contributed by atoms with van der Waals surface area (Å²) >= 11 is 0. The molecule has 15 heavy (non-hydrogen) atoms. The first kappa shape index (κ1) is 10.1. The summed E-state index contributed by atoms with van der Waals surface area (Å²) < 4.78 is 13.5. The van der Waals surface area contributed by atoms with Crippen molar-refractivity contribution >= 4 is 11.4 Å². The van der Waals surface area contributed by atoms with E-state index in [9.17, 15) is 9.18 Å². The molecule has 0 amide bonds. The van der Waals surface area contributed by atoms with E-state index >= 15 is 0 Å². The molecule has 1 aromatic carbocycles. The van der Waals surface area contributed by atoms with E-state index in [0.29, 0.717) is 12.0 Å². The molecule has 0 heterocycles. The van der Waals surface area contributed by atoms with Crippen LogP contribution < -0.4 is 0 Å². The number of benzene rings is 1. The van der Waals surface area contributed by atoms with Crippen LogP contribution in [0.15, 0.2) is 30.3 Å². The predicted molar refractivity (Wildman–Crippen MR) is 57.9 cm³/mol. The van der Waals surface area contributed by atoms with Gasteiger partial charge in [-0.1, -0.05) is 18.2 Å². The summed E-state index contributed by atoms with van der Waals surface area (Å²) in [6.45, 7) is 0. The van der Waals surface area contributed by atoms with Gasteiger partial charge in [-0.15, -0.1) is 0 Å². The maximum absolute atomic E-state index is 13.5. The number of allylic oxidation sites excluding steroid dienone is 2. The second-order valence-electron chi connectivity index (χ2n) is 3.82. The van der Waals surface area contributed by atoms with Crippen molar-refractivity contribution < 1.29 is 9.18 Å². The molecule has 78 valence electrons. The van der Waals surface area contributed by atoms with Gasteiger partial charge in [0.15, 0.2) is 5.78 Å². The average molecular weight is 204 g/mol. The third-order valence-electron chi connectivity index (χ3n) is 2.67. The third-order valence-corrected chi connectivity index (χ3v) is 2.67. The SMILES string of the molecule is O=C1C=C(c2ccccc2F)CCCC1. The van der Waals surface area contributed by atoms with E-state index in [4.69, 9.17) is 0 Å². The van der Waals surface area contributed by atoms with Crippen molar-refractivity contribution in [2.45, 2.75) is 25.7 Å². The van der Waals surface area contributed by atoms with Crippen LogP contribution in [0.1, 0.15) is 31.2 Å². The van der Waals surface area contributed by atoms with Gasteiger partial charge in [0.25, 0.3) is 0 Å². The first-order valence-electron chi connectivity index (χ1n) is 5.25. The van der Waals surface area contributed by atoms with Crippen LogP contribution in [-0.2, 0) is 4.79 Å². The minimum Gasteiger partial charge on any atom is -0.295 e. The molecule has 2 rings (SSSR count). The highest BCUT2D eigenvalue weighted by Gasteiger charge is 2.12. The fourth-order valence-electron chi connectivity index (χ4n) is 1.89. The zero-order valence-corrected chi connectivity index (χ0v) is 8.50. The molecule has 0 fully saturated rings. The fraction of sp³-hybridized carbons (Fsp3) is 0.308. The number of carbonyl (C=O) groups excluding carboxylic acids is 1. The Morgan fingerprint density at radius 3 is 2.60 bits per heavy atom. The zero-order chi connectivity index (χ0) is 10.7. The standard InChI is InChI=1S/C13H13FO/c14-13-8-4-3-7-12(13)10-5-1-2-6-11(15)9-10/h3-4,7-9H,1-2,5-6H2. The average Bonchev–Trinajstić information content (AvgIpc) is 2.43. The van der Waals surface area contributed by atoms with Crippen molar-refractivity contribution in [2.75, 3.05) is 0 Å².